The zero-order valence-corrected chi connectivity index (χ0v) is 12.6. The fourth-order valence-corrected chi connectivity index (χ4v) is 2.23. The molecule has 0 radical (unpaired) electrons. The van der Waals surface area contributed by atoms with Crippen LogP contribution in [0.3, 0.4) is 0 Å². The van der Waals surface area contributed by atoms with Crippen molar-refractivity contribution in [2.24, 2.45) is 0 Å². The molecule has 0 aliphatic rings. The van der Waals surface area contributed by atoms with E-state index in [1.165, 1.54) is 0 Å². The van der Waals surface area contributed by atoms with Gasteiger partial charge in [0.25, 0.3) is 5.91 Å². The predicted octanol–water partition coefficient (Wildman–Crippen LogP) is 2.64. The second-order valence-corrected chi connectivity index (χ2v) is 5.00. The number of hydrogen-bond acceptors (Lipinski definition) is 4. The Morgan fingerprint density at radius 2 is 2.24 bits per heavy atom. The van der Waals surface area contributed by atoms with Crippen LogP contribution >= 0.6 is 0 Å². The van der Waals surface area contributed by atoms with Gasteiger partial charge in [0.2, 0.25) is 0 Å². The van der Waals surface area contributed by atoms with Gasteiger partial charge >= 0.3 is 0 Å². The van der Waals surface area contributed by atoms with Crippen LogP contribution < -0.4 is 10.1 Å². The molecule has 0 spiro atoms. The summed E-state index contributed by atoms with van der Waals surface area (Å²) in [6.45, 7) is 4.17. The summed E-state index contributed by atoms with van der Waals surface area (Å²) in [5.41, 5.74) is 1.37. The van der Waals surface area contributed by atoms with E-state index in [4.69, 9.17) is 9.15 Å². The molecule has 2 aromatic rings. The van der Waals surface area contributed by atoms with E-state index in [-0.39, 0.29) is 12.0 Å². The Morgan fingerprint density at radius 1 is 1.48 bits per heavy atom. The van der Waals surface area contributed by atoms with Crippen LogP contribution in [-0.2, 0) is 0 Å². The molecule has 2 N–H and O–H groups in total. The van der Waals surface area contributed by atoms with Crippen LogP contribution in [0.4, 0.5) is 0 Å². The number of aliphatic hydroxyl groups is 1. The summed E-state index contributed by atoms with van der Waals surface area (Å²) >= 11 is 0. The second-order valence-electron chi connectivity index (χ2n) is 5.00. The van der Waals surface area contributed by atoms with Gasteiger partial charge < -0.3 is 19.6 Å². The number of hydrogen-bond donors (Lipinski definition) is 2. The molecule has 1 atom stereocenters. The zero-order chi connectivity index (χ0) is 15.4. The number of benzene rings is 1. The summed E-state index contributed by atoms with van der Waals surface area (Å²) in [5, 5.41) is 13.1. The summed E-state index contributed by atoms with van der Waals surface area (Å²) in [4.78, 5) is 12.2. The van der Waals surface area contributed by atoms with Gasteiger partial charge in [0, 0.05) is 17.5 Å². The summed E-state index contributed by atoms with van der Waals surface area (Å²) in [6.07, 6.45) is 0.823. The summed E-state index contributed by atoms with van der Waals surface area (Å²) in [6, 6.07) is 5.56. The Kier molecular flexibility index (Phi) is 4.85. The molecule has 0 aliphatic carbocycles. The van der Waals surface area contributed by atoms with Crippen LogP contribution in [0.2, 0.25) is 0 Å². The minimum atomic E-state index is -0.387. The van der Waals surface area contributed by atoms with Gasteiger partial charge in [-0.2, -0.15) is 0 Å². The van der Waals surface area contributed by atoms with E-state index < -0.39 is 0 Å². The van der Waals surface area contributed by atoms with Gasteiger partial charge in [-0.1, -0.05) is 19.1 Å². The number of methoxy groups -OCH3 is 1. The number of carbonyl (C=O) groups is 1. The van der Waals surface area contributed by atoms with E-state index in [1.807, 2.05) is 26.0 Å². The third kappa shape index (κ3) is 3.19. The number of carbonyl (C=O) groups excluding carboxylic acids is 1. The fraction of sp³-hybridized carbons (Fsp3) is 0.438. The molecule has 0 bridgehead atoms. The minimum absolute atomic E-state index is 0.269. The molecule has 1 amide bonds. The molecular weight excluding hydrogens is 270 g/mol. The van der Waals surface area contributed by atoms with Gasteiger partial charge in [-0.3, -0.25) is 4.79 Å². The molecule has 1 unspecified atom stereocenters. The lowest BCUT2D eigenvalue weighted by atomic mass is 10.1. The van der Waals surface area contributed by atoms with Crippen molar-refractivity contribution in [2.75, 3.05) is 13.7 Å². The molecular formula is C16H21NO4. The van der Waals surface area contributed by atoms with E-state index in [2.05, 4.69) is 5.32 Å². The molecule has 0 aliphatic heterocycles. The lowest BCUT2D eigenvalue weighted by molar-refractivity contribution is 0.0915. The van der Waals surface area contributed by atoms with Gasteiger partial charge in [-0.05, 0) is 25.8 Å². The Hall–Kier alpha value is -2.01. The lowest BCUT2D eigenvalue weighted by Gasteiger charge is -2.08. The lowest BCUT2D eigenvalue weighted by Crippen LogP contribution is -2.27. The first-order chi connectivity index (χ1) is 10.1. The van der Waals surface area contributed by atoms with Crippen LogP contribution in [0.1, 0.15) is 35.9 Å². The van der Waals surface area contributed by atoms with Crippen molar-refractivity contribution in [1.82, 2.24) is 5.32 Å². The van der Waals surface area contributed by atoms with E-state index in [1.54, 1.807) is 13.2 Å². The smallest absolute Gasteiger partial charge is 0.287 e. The van der Waals surface area contributed by atoms with E-state index >= 15 is 0 Å². The number of furan rings is 1. The average Bonchev–Trinajstić information content (AvgIpc) is 2.84. The molecule has 5 heteroatoms. The number of aryl methyl sites for hydroxylation is 1. The summed E-state index contributed by atoms with van der Waals surface area (Å²) in [5.74, 6) is 0.630. The first-order valence-electron chi connectivity index (χ1n) is 7.10. The quantitative estimate of drug-likeness (QED) is 0.858. The molecule has 5 nitrogen and oxygen atoms in total. The topological polar surface area (TPSA) is 71.7 Å². The zero-order valence-electron chi connectivity index (χ0n) is 12.6. The maximum absolute atomic E-state index is 12.2. The molecule has 2 rings (SSSR count). The molecule has 1 aromatic heterocycles. The van der Waals surface area contributed by atoms with Gasteiger partial charge in [-0.15, -0.1) is 0 Å². The highest BCUT2D eigenvalue weighted by Crippen LogP contribution is 2.32. The number of nitrogens with one attached hydrogen (secondary N) is 1. The summed E-state index contributed by atoms with van der Waals surface area (Å²) < 4.78 is 10.9. The largest absolute Gasteiger partial charge is 0.493 e. The Morgan fingerprint density at radius 3 is 2.90 bits per heavy atom. The van der Waals surface area contributed by atoms with E-state index in [0.29, 0.717) is 36.5 Å². The highest BCUT2D eigenvalue weighted by molar-refractivity contribution is 6.00. The van der Waals surface area contributed by atoms with E-state index in [9.17, 15) is 9.90 Å². The minimum Gasteiger partial charge on any atom is -0.493 e. The van der Waals surface area contributed by atoms with Crippen molar-refractivity contribution in [3.8, 4) is 5.75 Å². The van der Waals surface area contributed by atoms with Crippen LogP contribution in [-0.4, -0.2) is 30.8 Å². The van der Waals surface area contributed by atoms with Gasteiger partial charge in [0.1, 0.15) is 0 Å². The predicted molar refractivity (Wildman–Crippen MR) is 80.8 cm³/mol. The standard InChI is InChI=1S/C16H21NO4/c1-4-11(18)8-9-17-16(19)14-10(2)12-6-5-7-13(20-3)15(12)21-14/h5-7,11,18H,4,8-9H2,1-3H3,(H,17,19). The Bertz CT molecular complexity index is 632. The Labute approximate surface area is 123 Å². The average molecular weight is 291 g/mol. The van der Waals surface area contributed by atoms with Crippen molar-refractivity contribution in [1.29, 1.82) is 0 Å². The monoisotopic (exact) mass is 291 g/mol. The van der Waals surface area contributed by atoms with E-state index in [0.717, 1.165) is 10.9 Å². The summed E-state index contributed by atoms with van der Waals surface area (Å²) in [7, 11) is 1.57. The van der Waals surface area contributed by atoms with Crippen LogP contribution in [0.5, 0.6) is 5.75 Å². The van der Waals surface area contributed by atoms with Crippen molar-refractivity contribution in [3.63, 3.8) is 0 Å². The number of rotatable bonds is 6. The van der Waals surface area contributed by atoms with Crippen molar-refractivity contribution in [2.45, 2.75) is 32.8 Å². The first-order valence-corrected chi connectivity index (χ1v) is 7.10. The van der Waals surface area contributed by atoms with Crippen LogP contribution in [0, 0.1) is 6.92 Å². The molecule has 0 saturated heterocycles. The molecule has 1 heterocycles. The number of ether oxygens (including phenoxy) is 1. The maximum atomic E-state index is 12.2. The third-order valence-corrected chi connectivity index (χ3v) is 3.59. The highest BCUT2D eigenvalue weighted by Gasteiger charge is 2.19. The van der Waals surface area contributed by atoms with Gasteiger partial charge in [-0.25, -0.2) is 0 Å². The normalized spacial score (nSPS) is 12.4. The maximum Gasteiger partial charge on any atom is 0.287 e. The van der Waals surface area contributed by atoms with Crippen LogP contribution in [0.25, 0.3) is 11.0 Å². The SMILES string of the molecule is CCC(O)CCNC(=O)c1oc2c(OC)cccc2c1C. The van der Waals surface area contributed by atoms with Gasteiger partial charge in [0.05, 0.1) is 13.2 Å². The number of amides is 1. The third-order valence-electron chi connectivity index (χ3n) is 3.59. The number of para-hydroxylation sites is 1. The van der Waals surface area contributed by atoms with Crippen molar-refractivity contribution >= 4 is 16.9 Å². The number of fused-ring (bicyclic) bond motifs is 1. The molecule has 0 fully saturated rings. The first kappa shape index (κ1) is 15.4. The molecule has 21 heavy (non-hydrogen) atoms. The molecule has 114 valence electrons. The molecule has 1 aromatic carbocycles. The fourth-order valence-electron chi connectivity index (χ4n) is 2.23. The van der Waals surface area contributed by atoms with Gasteiger partial charge in [0.15, 0.2) is 17.1 Å². The van der Waals surface area contributed by atoms with Crippen LogP contribution in [0.15, 0.2) is 22.6 Å². The molecule has 0 saturated carbocycles. The number of aliphatic hydroxyl groups excluding tert-OH is 1. The van der Waals surface area contributed by atoms with Crippen molar-refractivity contribution in [3.05, 3.63) is 29.5 Å². The highest BCUT2D eigenvalue weighted by atomic mass is 16.5. The second kappa shape index (κ2) is 6.63. The van der Waals surface area contributed by atoms with Crippen molar-refractivity contribution < 1.29 is 19.1 Å². The Balaban J connectivity index is 2.18.